The predicted molar refractivity (Wildman–Crippen MR) is 80.0 cm³/mol. The maximum atomic E-state index is 10.4. The van der Waals surface area contributed by atoms with Crippen molar-refractivity contribution in [3.05, 3.63) is 38.3 Å². The van der Waals surface area contributed by atoms with Crippen LogP contribution in [0.4, 0.5) is 0 Å². The molecule has 1 atom stereocenters. The molecule has 0 amide bonds. The van der Waals surface area contributed by atoms with Crippen molar-refractivity contribution in [1.29, 1.82) is 0 Å². The average Bonchev–Trinajstić information content (AvgIpc) is 2.94. The molecule has 19 heavy (non-hydrogen) atoms. The highest BCUT2D eigenvalue weighted by Gasteiger charge is 2.18. The summed E-state index contributed by atoms with van der Waals surface area (Å²) in [6, 6.07) is 2.07. The van der Waals surface area contributed by atoms with Crippen LogP contribution in [0.2, 0.25) is 5.02 Å². The molecule has 0 aliphatic rings. The van der Waals surface area contributed by atoms with Crippen LogP contribution in [-0.4, -0.2) is 14.9 Å². The van der Waals surface area contributed by atoms with Crippen molar-refractivity contribution < 1.29 is 5.11 Å². The molecule has 5 heteroatoms. The fourth-order valence-electron chi connectivity index (χ4n) is 2.09. The zero-order valence-electron chi connectivity index (χ0n) is 11.5. The van der Waals surface area contributed by atoms with Gasteiger partial charge in [0.05, 0.1) is 21.7 Å². The number of halogens is 1. The Morgan fingerprint density at radius 1 is 1.47 bits per heavy atom. The molecule has 0 aliphatic heterocycles. The molecule has 0 aliphatic carbocycles. The zero-order valence-corrected chi connectivity index (χ0v) is 13.1. The number of nitrogens with zero attached hydrogens (tertiary/aromatic N) is 2. The fourth-order valence-corrected chi connectivity index (χ4v) is 3.40. The van der Waals surface area contributed by atoms with Crippen LogP contribution in [0, 0.1) is 6.92 Å². The lowest BCUT2D eigenvalue weighted by molar-refractivity contribution is 0.179. The maximum Gasteiger partial charge on any atom is 0.0952 e. The molecule has 0 bridgehead atoms. The molecule has 2 heterocycles. The monoisotopic (exact) mass is 298 g/mol. The van der Waals surface area contributed by atoms with Gasteiger partial charge in [0.1, 0.15) is 0 Å². The molecule has 2 aromatic rings. The Bertz CT molecular complexity index is 562. The van der Waals surface area contributed by atoms with E-state index in [9.17, 15) is 5.11 Å². The normalized spacial score (nSPS) is 12.9. The Labute approximate surface area is 122 Å². The van der Waals surface area contributed by atoms with E-state index in [0.717, 1.165) is 34.8 Å². The van der Waals surface area contributed by atoms with Gasteiger partial charge in [-0.25, -0.2) is 0 Å². The summed E-state index contributed by atoms with van der Waals surface area (Å²) in [5.41, 5.74) is 3.16. The Balaban J connectivity index is 2.21. The summed E-state index contributed by atoms with van der Waals surface area (Å²) in [6.45, 7) is 6.92. The zero-order chi connectivity index (χ0) is 14.0. The van der Waals surface area contributed by atoms with E-state index in [2.05, 4.69) is 25.0 Å². The largest absolute Gasteiger partial charge is 0.387 e. The predicted octanol–water partition coefficient (Wildman–Crippen LogP) is 3.76. The molecule has 0 fully saturated rings. The number of aliphatic hydroxyl groups is 1. The van der Waals surface area contributed by atoms with E-state index >= 15 is 0 Å². The minimum Gasteiger partial charge on any atom is -0.387 e. The summed E-state index contributed by atoms with van der Waals surface area (Å²) in [5, 5.41) is 17.5. The lowest BCUT2D eigenvalue weighted by atomic mass is 10.1. The molecule has 1 N–H and O–H groups in total. The van der Waals surface area contributed by atoms with E-state index in [1.54, 1.807) is 0 Å². The van der Waals surface area contributed by atoms with Gasteiger partial charge in [-0.2, -0.15) is 5.10 Å². The molecular formula is C14H19ClN2OS. The summed E-state index contributed by atoms with van der Waals surface area (Å²) >= 11 is 7.72. The summed E-state index contributed by atoms with van der Waals surface area (Å²) in [7, 11) is 0. The molecule has 2 aromatic heterocycles. The molecule has 104 valence electrons. The van der Waals surface area contributed by atoms with Crippen LogP contribution in [0.5, 0.6) is 0 Å². The third-order valence-electron chi connectivity index (χ3n) is 3.21. The van der Waals surface area contributed by atoms with Gasteiger partial charge in [-0.1, -0.05) is 18.5 Å². The quantitative estimate of drug-likeness (QED) is 0.912. The molecule has 0 saturated heterocycles. The van der Waals surface area contributed by atoms with Gasteiger partial charge in [-0.15, -0.1) is 11.3 Å². The van der Waals surface area contributed by atoms with Gasteiger partial charge in [0, 0.05) is 18.7 Å². The van der Waals surface area contributed by atoms with Crippen LogP contribution < -0.4 is 0 Å². The summed E-state index contributed by atoms with van der Waals surface area (Å²) in [5.74, 6) is 0. The lowest BCUT2D eigenvalue weighted by Gasteiger charge is -2.10. The molecule has 3 nitrogen and oxygen atoms in total. The van der Waals surface area contributed by atoms with E-state index in [4.69, 9.17) is 11.6 Å². The van der Waals surface area contributed by atoms with Crippen molar-refractivity contribution in [3.63, 3.8) is 0 Å². The minimum atomic E-state index is -0.557. The highest BCUT2D eigenvalue weighted by Crippen LogP contribution is 2.34. The van der Waals surface area contributed by atoms with Crippen molar-refractivity contribution in [1.82, 2.24) is 9.78 Å². The van der Waals surface area contributed by atoms with Gasteiger partial charge >= 0.3 is 0 Å². The number of thiophene rings is 1. The van der Waals surface area contributed by atoms with Crippen molar-refractivity contribution in [2.75, 3.05) is 0 Å². The second kappa shape index (κ2) is 6.07. The van der Waals surface area contributed by atoms with Gasteiger partial charge in [-0.05, 0) is 37.3 Å². The van der Waals surface area contributed by atoms with Crippen molar-refractivity contribution in [2.45, 2.75) is 46.3 Å². The van der Waals surface area contributed by atoms with Crippen LogP contribution in [0.25, 0.3) is 0 Å². The molecule has 2 rings (SSSR count). The molecule has 0 radical (unpaired) electrons. The molecule has 0 spiro atoms. The summed E-state index contributed by atoms with van der Waals surface area (Å²) in [4.78, 5) is 0.848. The van der Waals surface area contributed by atoms with E-state index in [0.29, 0.717) is 11.4 Å². The summed E-state index contributed by atoms with van der Waals surface area (Å²) < 4.78 is 1.95. The molecular weight excluding hydrogens is 280 g/mol. The number of aryl methyl sites for hydroxylation is 3. The first-order chi connectivity index (χ1) is 9.06. The molecule has 0 aromatic carbocycles. The second-order valence-electron chi connectivity index (χ2n) is 4.61. The third kappa shape index (κ3) is 3.02. The van der Waals surface area contributed by atoms with Crippen LogP contribution in [0.15, 0.2) is 11.4 Å². The highest BCUT2D eigenvalue weighted by atomic mass is 35.5. The molecule has 0 saturated carbocycles. The third-order valence-corrected chi connectivity index (χ3v) is 5.02. The summed E-state index contributed by atoms with van der Waals surface area (Å²) in [6.07, 6.45) is 0.910. The second-order valence-corrected chi connectivity index (χ2v) is 5.90. The van der Waals surface area contributed by atoms with Crippen molar-refractivity contribution >= 4 is 22.9 Å². The van der Waals surface area contributed by atoms with Crippen LogP contribution in [-0.2, 0) is 19.4 Å². The van der Waals surface area contributed by atoms with Crippen molar-refractivity contribution in [3.8, 4) is 0 Å². The van der Waals surface area contributed by atoms with Crippen LogP contribution >= 0.6 is 22.9 Å². The van der Waals surface area contributed by atoms with Crippen molar-refractivity contribution in [2.24, 2.45) is 0 Å². The minimum absolute atomic E-state index is 0.556. The SMILES string of the molecule is CCc1cc(CC(O)c2scc(C)c2Cl)n(CC)n1. The number of hydrogen-bond donors (Lipinski definition) is 1. The first kappa shape index (κ1) is 14.6. The molecule has 1 unspecified atom stereocenters. The number of aromatic nitrogens is 2. The topological polar surface area (TPSA) is 38.0 Å². The Hall–Kier alpha value is -0.840. The number of hydrogen-bond acceptors (Lipinski definition) is 3. The van der Waals surface area contributed by atoms with Gasteiger partial charge in [0.25, 0.3) is 0 Å². The van der Waals surface area contributed by atoms with Crippen LogP contribution in [0.3, 0.4) is 0 Å². The van der Waals surface area contributed by atoms with E-state index in [1.165, 1.54) is 11.3 Å². The van der Waals surface area contributed by atoms with E-state index < -0.39 is 6.10 Å². The first-order valence-corrected chi connectivity index (χ1v) is 7.79. The van der Waals surface area contributed by atoms with Gasteiger partial charge < -0.3 is 5.11 Å². The Morgan fingerprint density at radius 2 is 2.21 bits per heavy atom. The van der Waals surface area contributed by atoms with E-state index in [1.807, 2.05) is 17.0 Å². The van der Waals surface area contributed by atoms with Gasteiger partial charge in [0.2, 0.25) is 0 Å². The Kier molecular flexibility index (Phi) is 4.66. The Morgan fingerprint density at radius 3 is 2.74 bits per heavy atom. The van der Waals surface area contributed by atoms with Crippen LogP contribution in [0.1, 0.15) is 41.8 Å². The smallest absolute Gasteiger partial charge is 0.0952 e. The highest BCUT2D eigenvalue weighted by molar-refractivity contribution is 7.10. The van der Waals surface area contributed by atoms with E-state index in [-0.39, 0.29) is 0 Å². The standard InChI is InChI=1S/C14H19ClN2OS/c1-4-10-6-11(17(5-2)16-10)7-12(18)14-13(15)9(3)8-19-14/h6,8,12,18H,4-5,7H2,1-3H3. The lowest BCUT2D eigenvalue weighted by Crippen LogP contribution is -2.08. The van der Waals surface area contributed by atoms with Gasteiger partial charge in [0.15, 0.2) is 0 Å². The number of aliphatic hydroxyl groups excluding tert-OH is 1. The maximum absolute atomic E-state index is 10.4. The van der Waals surface area contributed by atoms with Gasteiger partial charge in [-0.3, -0.25) is 4.68 Å². The fraction of sp³-hybridized carbons (Fsp3) is 0.500. The number of rotatable bonds is 5. The average molecular weight is 299 g/mol. The first-order valence-electron chi connectivity index (χ1n) is 6.53.